The third kappa shape index (κ3) is 10.6. The Morgan fingerprint density at radius 3 is 1.72 bits per heavy atom. The molecule has 0 spiro atoms. The molecule has 12 N–H and O–H groups in total. The van der Waals surface area contributed by atoms with Gasteiger partial charge in [0, 0.05) is 12.8 Å². The lowest BCUT2D eigenvalue weighted by molar-refractivity contribution is -0.145. The fourth-order valence-electron chi connectivity index (χ4n) is 2.37. The van der Waals surface area contributed by atoms with E-state index < -0.39 is 72.4 Å². The molecule has 15 nitrogen and oxygen atoms in total. The van der Waals surface area contributed by atoms with Crippen molar-refractivity contribution in [3.63, 3.8) is 0 Å². The summed E-state index contributed by atoms with van der Waals surface area (Å²) in [6, 6.07) is -5.95. The Morgan fingerprint density at radius 2 is 1.28 bits per heavy atom. The molecule has 0 saturated heterocycles. The number of carboxylic acids is 1. The lowest BCUT2D eigenvalue weighted by Crippen LogP contribution is -2.59. The highest BCUT2D eigenvalue weighted by Gasteiger charge is 2.31. The Balaban J connectivity index is 5.28. The summed E-state index contributed by atoms with van der Waals surface area (Å²) in [6.45, 7) is 0.227. The van der Waals surface area contributed by atoms with Crippen molar-refractivity contribution < 1.29 is 44.1 Å². The standard InChI is InChI=1S/C17H30N6O9/c1-7(25)13(17(31)32)23-15(29)9(3-5-12(20)27)21-16(30)10(6-24)22-14(28)8(18)2-4-11(19)26/h7-10,13,24-25H,2-6,18H2,1H3,(H2,19,26)(H2,20,27)(H,21,30)(H,22,28)(H,23,29)(H,31,32). The number of aliphatic carboxylic acids is 1. The normalized spacial score (nSPS) is 15.4. The minimum atomic E-state index is -1.70. The van der Waals surface area contributed by atoms with Crippen LogP contribution in [-0.4, -0.2) is 87.7 Å². The van der Waals surface area contributed by atoms with Crippen LogP contribution in [0.2, 0.25) is 0 Å². The first-order valence-corrected chi connectivity index (χ1v) is 9.55. The highest BCUT2D eigenvalue weighted by molar-refractivity contribution is 5.94. The number of amides is 5. The highest BCUT2D eigenvalue weighted by Crippen LogP contribution is 2.02. The van der Waals surface area contributed by atoms with Gasteiger partial charge in [-0.2, -0.15) is 0 Å². The number of nitrogens with one attached hydrogen (secondary N) is 3. The third-order valence-electron chi connectivity index (χ3n) is 4.21. The molecule has 15 heteroatoms. The molecule has 0 aliphatic heterocycles. The SMILES string of the molecule is CC(O)C(NC(=O)C(CCC(N)=O)NC(=O)C(CO)NC(=O)C(N)CCC(N)=O)C(=O)O. The van der Waals surface area contributed by atoms with Gasteiger partial charge in [-0.05, 0) is 19.8 Å². The van der Waals surface area contributed by atoms with Crippen LogP contribution < -0.4 is 33.2 Å². The number of carboxylic acid groups (broad SMARTS) is 1. The first-order valence-electron chi connectivity index (χ1n) is 9.55. The molecule has 0 aliphatic rings. The molecule has 0 rings (SSSR count). The molecule has 0 heterocycles. The van der Waals surface area contributed by atoms with Gasteiger partial charge in [0.15, 0.2) is 6.04 Å². The summed E-state index contributed by atoms with van der Waals surface area (Å²) in [5, 5.41) is 34.3. The Bertz CT molecular complexity index is 715. The van der Waals surface area contributed by atoms with Crippen LogP contribution in [0.4, 0.5) is 0 Å². The lowest BCUT2D eigenvalue weighted by atomic mass is 10.1. The maximum atomic E-state index is 12.4. The van der Waals surface area contributed by atoms with E-state index in [1.54, 1.807) is 0 Å². The summed E-state index contributed by atoms with van der Waals surface area (Å²) in [7, 11) is 0. The molecule has 5 unspecified atom stereocenters. The third-order valence-corrected chi connectivity index (χ3v) is 4.21. The average molecular weight is 462 g/mol. The minimum absolute atomic E-state index is 0.111. The highest BCUT2D eigenvalue weighted by atomic mass is 16.4. The average Bonchev–Trinajstić information content (AvgIpc) is 2.69. The first kappa shape index (κ1) is 28.7. The van der Waals surface area contributed by atoms with Crippen molar-refractivity contribution >= 4 is 35.5 Å². The van der Waals surface area contributed by atoms with E-state index in [1.807, 2.05) is 5.32 Å². The van der Waals surface area contributed by atoms with Crippen molar-refractivity contribution in [1.82, 2.24) is 16.0 Å². The van der Waals surface area contributed by atoms with Crippen molar-refractivity contribution in [3.05, 3.63) is 0 Å². The van der Waals surface area contributed by atoms with Crippen LogP contribution >= 0.6 is 0 Å². The number of primary amides is 2. The van der Waals surface area contributed by atoms with E-state index >= 15 is 0 Å². The van der Waals surface area contributed by atoms with Crippen LogP contribution in [0.25, 0.3) is 0 Å². The molecule has 0 aromatic heterocycles. The minimum Gasteiger partial charge on any atom is -0.480 e. The largest absolute Gasteiger partial charge is 0.480 e. The van der Waals surface area contributed by atoms with E-state index in [4.69, 9.17) is 22.3 Å². The molecule has 0 aliphatic carbocycles. The Kier molecular flexibility index (Phi) is 12.5. The van der Waals surface area contributed by atoms with E-state index in [0.29, 0.717) is 0 Å². The molecule has 0 saturated carbocycles. The molecule has 5 atom stereocenters. The molecule has 5 amide bonds. The van der Waals surface area contributed by atoms with E-state index in [1.165, 1.54) is 0 Å². The molecule has 0 radical (unpaired) electrons. The van der Waals surface area contributed by atoms with Gasteiger partial charge in [0.2, 0.25) is 29.5 Å². The number of aliphatic hydroxyl groups is 2. The van der Waals surface area contributed by atoms with Crippen LogP contribution in [0.1, 0.15) is 32.6 Å². The van der Waals surface area contributed by atoms with Crippen LogP contribution in [-0.2, 0) is 28.8 Å². The van der Waals surface area contributed by atoms with Gasteiger partial charge < -0.3 is 48.5 Å². The topological polar surface area (TPSA) is 277 Å². The smallest absolute Gasteiger partial charge is 0.328 e. The maximum Gasteiger partial charge on any atom is 0.328 e. The molecule has 182 valence electrons. The quantitative estimate of drug-likeness (QED) is 0.111. The Labute approximate surface area is 183 Å². The van der Waals surface area contributed by atoms with Crippen molar-refractivity contribution in [3.8, 4) is 0 Å². The number of nitrogens with two attached hydrogens (primary N) is 3. The summed E-state index contributed by atoms with van der Waals surface area (Å²) in [5.74, 6) is -6.01. The van der Waals surface area contributed by atoms with Gasteiger partial charge in [-0.15, -0.1) is 0 Å². The van der Waals surface area contributed by atoms with E-state index in [2.05, 4.69) is 10.6 Å². The number of aliphatic hydroxyl groups excluding tert-OH is 2. The van der Waals surface area contributed by atoms with Gasteiger partial charge in [-0.3, -0.25) is 24.0 Å². The lowest BCUT2D eigenvalue weighted by Gasteiger charge is -2.25. The fourth-order valence-corrected chi connectivity index (χ4v) is 2.37. The molecule has 0 fully saturated rings. The van der Waals surface area contributed by atoms with Gasteiger partial charge in [-0.1, -0.05) is 0 Å². The number of carbonyl (C=O) groups excluding carboxylic acids is 5. The Morgan fingerprint density at radius 1 is 0.812 bits per heavy atom. The van der Waals surface area contributed by atoms with Crippen LogP contribution in [0.15, 0.2) is 0 Å². The summed E-state index contributed by atoms with van der Waals surface area (Å²) in [6.07, 6.45) is -2.47. The molecular formula is C17H30N6O9. The van der Waals surface area contributed by atoms with Gasteiger partial charge in [-0.25, -0.2) is 4.79 Å². The van der Waals surface area contributed by atoms with Crippen LogP contribution in [0.5, 0.6) is 0 Å². The summed E-state index contributed by atoms with van der Waals surface area (Å²) < 4.78 is 0. The summed E-state index contributed by atoms with van der Waals surface area (Å²) in [5.41, 5.74) is 15.6. The van der Waals surface area contributed by atoms with Gasteiger partial charge in [0.05, 0.1) is 18.8 Å². The van der Waals surface area contributed by atoms with Crippen molar-refractivity contribution in [2.45, 2.75) is 62.9 Å². The maximum absolute atomic E-state index is 12.4. The number of hydrogen-bond acceptors (Lipinski definition) is 9. The fraction of sp³-hybridized carbons (Fsp3) is 0.647. The van der Waals surface area contributed by atoms with Crippen LogP contribution in [0, 0.1) is 0 Å². The molecule has 32 heavy (non-hydrogen) atoms. The second kappa shape index (κ2) is 13.9. The van der Waals surface area contributed by atoms with Crippen LogP contribution in [0.3, 0.4) is 0 Å². The molecule has 0 aromatic rings. The molecule has 0 aromatic carbocycles. The second-order valence-corrected chi connectivity index (χ2v) is 6.99. The predicted octanol–water partition coefficient (Wildman–Crippen LogP) is -5.24. The van der Waals surface area contributed by atoms with Gasteiger partial charge in [0.1, 0.15) is 12.1 Å². The van der Waals surface area contributed by atoms with E-state index in [0.717, 1.165) is 6.92 Å². The summed E-state index contributed by atoms with van der Waals surface area (Å²) in [4.78, 5) is 69.9. The van der Waals surface area contributed by atoms with Gasteiger partial charge in [0.25, 0.3) is 0 Å². The summed E-state index contributed by atoms with van der Waals surface area (Å²) >= 11 is 0. The van der Waals surface area contributed by atoms with Crippen molar-refractivity contribution in [1.29, 1.82) is 0 Å². The zero-order valence-electron chi connectivity index (χ0n) is 17.4. The second-order valence-electron chi connectivity index (χ2n) is 6.99. The molecular weight excluding hydrogens is 432 g/mol. The zero-order chi connectivity index (χ0) is 25.0. The predicted molar refractivity (Wildman–Crippen MR) is 107 cm³/mol. The van der Waals surface area contributed by atoms with Crippen molar-refractivity contribution in [2.24, 2.45) is 17.2 Å². The number of hydrogen-bond donors (Lipinski definition) is 9. The zero-order valence-corrected chi connectivity index (χ0v) is 17.4. The number of rotatable bonds is 15. The van der Waals surface area contributed by atoms with E-state index in [-0.39, 0.29) is 25.7 Å². The number of carbonyl (C=O) groups is 6. The van der Waals surface area contributed by atoms with Gasteiger partial charge >= 0.3 is 5.97 Å². The first-order chi connectivity index (χ1) is 14.8. The Hall–Kier alpha value is -3.30. The monoisotopic (exact) mass is 462 g/mol. The van der Waals surface area contributed by atoms with E-state index in [9.17, 15) is 39.0 Å². The molecule has 0 bridgehead atoms. The van der Waals surface area contributed by atoms with Crippen molar-refractivity contribution in [2.75, 3.05) is 6.61 Å².